The second-order valence-corrected chi connectivity index (χ2v) is 1.69. The summed E-state index contributed by atoms with van der Waals surface area (Å²) in [6, 6.07) is 1.77. The molecule has 0 bridgehead atoms. The molecule has 0 saturated heterocycles. The first-order chi connectivity index (χ1) is 3.39. The van der Waals surface area contributed by atoms with Crippen LogP contribution in [0.5, 0.6) is 0 Å². The van der Waals surface area contributed by atoms with Crippen molar-refractivity contribution >= 4 is 4.30 Å². The molecule has 0 spiro atoms. The number of hydrogen-bond donors (Lipinski definition) is 0. The van der Waals surface area contributed by atoms with Crippen molar-refractivity contribution in [2.24, 2.45) is 0 Å². The van der Waals surface area contributed by atoms with Crippen LogP contribution < -0.4 is 4.30 Å². The van der Waals surface area contributed by atoms with Crippen LogP contribution in [0, 0.1) is 0 Å². The Morgan fingerprint density at radius 3 is 2.14 bits per heavy atom. The molecule has 1 heterocycles. The van der Waals surface area contributed by atoms with Gasteiger partial charge in [0.15, 0.2) is 0 Å². The van der Waals surface area contributed by atoms with Gasteiger partial charge >= 0.3 is 51.9 Å². The van der Waals surface area contributed by atoms with E-state index in [2.05, 4.69) is 29.2 Å². The zero-order valence-corrected chi connectivity index (χ0v) is 5.00. The first-order valence-corrected chi connectivity index (χ1v) is 2.57. The van der Waals surface area contributed by atoms with E-state index in [1.54, 1.807) is 18.5 Å². The summed E-state index contributed by atoms with van der Waals surface area (Å²) in [4.78, 5) is 7.60. The van der Waals surface area contributed by atoms with Gasteiger partial charge in [0.1, 0.15) is 0 Å². The van der Waals surface area contributed by atoms with Crippen molar-refractivity contribution in [2.45, 2.75) is 0 Å². The van der Waals surface area contributed by atoms with E-state index in [0.29, 0.717) is 4.30 Å². The fraction of sp³-hybridized carbons (Fsp3) is 0. The van der Waals surface area contributed by atoms with Gasteiger partial charge < -0.3 is 0 Å². The van der Waals surface area contributed by atoms with Gasteiger partial charge in [0.25, 0.3) is 0 Å². The Labute approximate surface area is 52.4 Å². The minimum atomic E-state index is 0.672. The normalized spacial score (nSPS) is 8.86. The molecule has 0 aliphatic rings. The summed E-state index contributed by atoms with van der Waals surface area (Å²) in [5.74, 6) is 0. The van der Waals surface area contributed by atoms with Crippen molar-refractivity contribution < 1.29 is 19.2 Å². The molecule has 2 nitrogen and oxygen atoms in total. The van der Waals surface area contributed by atoms with E-state index in [1.165, 1.54) is 0 Å². The Hall–Kier alpha value is -0.258. The molecule has 0 aromatic carbocycles. The Kier molecular flexibility index (Phi) is 1.51. The summed E-state index contributed by atoms with van der Waals surface area (Å²) in [6.45, 7) is 0. The van der Waals surface area contributed by atoms with Crippen molar-refractivity contribution in [1.82, 2.24) is 9.97 Å². The van der Waals surface area contributed by atoms with Crippen LogP contribution in [0.2, 0.25) is 0 Å². The Morgan fingerprint density at radius 1 is 1.29 bits per heavy atom. The van der Waals surface area contributed by atoms with Crippen LogP contribution in [0.3, 0.4) is 0 Å². The molecule has 1 rings (SSSR count). The molecule has 7 heavy (non-hydrogen) atoms. The SMILES string of the molecule is [Pd][c]1ncccn1. The molecule has 0 aliphatic carbocycles. The summed E-state index contributed by atoms with van der Waals surface area (Å²) in [7, 11) is 0. The summed E-state index contributed by atoms with van der Waals surface area (Å²) < 4.78 is 0.672. The van der Waals surface area contributed by atoms with Gasteiger partial charge in [-0.3, -0.25) is 0 Å². The van der Waals surface area contributed by atoms with Gasteiger partial charge in [0.05, 0.1) is 0 Å². The van der Waals surface area contributed by atoms with Crippen LogP contribution in [0.25, 0.3) is 0 Å². The molecule has 3 heteroatoms. The van der Waals surface area contributed by atoms with E-state index in [9.17, 15) is 0 Å². The Bertz CT molecular complexity index is 140. The third kappa shape index (κ3) is 1.34. The summed E-state index contributed by atoms with van der Waals surface area (Å²) in [6.07, 6.45) is 3.37. The molecule has 39 valence electrons. The first kappa shape index (κ1) is 4.89. The van der Waals surface area contributed by atoms with Crippen LogP contribution in [0.1, 0.15) is 0 Å². The van der Waals surface area contributed by atoms with Crippen LogP contribution in [-0.4, -0.2) is 9.97 Å². The second kappa shape index (κ2) is 2.15. The Morgan fingerprint density at radius 2 is 1.86 bits per heavy atom. The van der Waals surface area contributed by atoms with E-state index >= 15 is 0 Å². The molecule has 0 amide bonds. The predicted molar refractivity (Wildman–Crippen MR) is 21.7 cm³/mol. The van der Waals surface area contributed by atoms with E-state index in [4.69, 9.17) is 0 Å². The van der Waals surface area contributed by atoms with Crippen molar-refractivity contribution in [3.05, 3.63) is 18.5 Å². The van der Waals surface area contributed by atoms with Gasteiger partial charge in [-0.15, -0.1) is 0 Å². The zero-order valence-electron chi connectivity index (χ0n) is 3.44. The summed E-state index contributed by atoms with van der Waals surface area (Å²) >= 11 is 2.84. The number of aromatic nitrogens is 2. The second-order valence-electron chi connectivity index (χ2n) is 0.990. The molecule has 0 radical (unpaired) electrons. The third-order valence-corrected chi connectivity index (χ3v) is 0.920. The molecule has 0 aliphatic heterocycles. The Balaban J connectivity index is 3.02. The van der Waals surface area contributed by atoms with E-state index in [-0.39, 0.29) is 0 Å². The van der Waals surface area contributed by atoms with Crippen molar-refractivity contribution in [2.75, 3.05) is 0 Å². The van der Waals surface area contributed by atoms with Gasteiger partial charge in [0.2, 0.25) is 0 Å². The number of nitrogens with zero attached hydrogens (tertiary/aromatic N) is 2. The van der Waals surface area contributed by atoms with Gasteiger partial charge in [0, 0.05) is 0 Å². The average Bonchev–Trinajstić information content (AvgIpc) is 1.69. The number of hydrogen-bond acceptors (Lipinski definition) is 2. The van der Waals surface area contributed by atoms with Crippen LogP contribution in [0.15, 0.2) is 18.5 Å². The van der Waals surface area contributed by atoms with Gasteiger partial charge in [-0.2, -0.15) is 0 Å². The standard InChI is InChI=1S/C4H3N2.Pd/c1-2-5-4-6-3-1;/h1-3H;. The van der Waals surface area contributed by atoms with Crippen molar-refractivity contribution in [3.8, 4) is 0 Å². The molecule has 0 fully saturated rings. The van der Waals surface area contributed by atoms with Crippen LogP contribution in [-0.2, 0) is 19.2 Å². The first-order valence-electron chi connectivity index (χ1n) is 1.79. The maximum atomic E-state index is 3.80. The summed E-state index contributed by atoms with van der Waals surface area (Å²) in [5.41, 5.74) is 0. The zero-order chi connectivity index (χ0) is 5.11. The summed E-state index contributed by atoms with van der Waals surface area (Å²) in [5, 5.41) is 0. The fourth-order valence-electron chi connectivity index (χ4n) is 0.272. The maximum absolute atomic E-state index is 3.80. The topological polar surface area (TPSA) is 25.8 Å². The molecular weight excluding hydrogens is 182 g/mol. The molecule has 0 saturated carbocycles. The van der Waals surface area contributed by atoms with Gasteiger partial charge in [-0.1, -0.05) is 0 Å². The van der Waals surface area contributed by atoms with E-state index in [1.807, 2.05) is 0 Å². The van der Waals surface area contributed by atoms with Gasteiger partial charge in [-0.25, -0.2) is 0 Å². The molecule has 1 aromatic heterocycles. The van der Waals surface area contributed by atoms with Crippen molar-refractivity contribution in [3.63, 3.8) is 0 Å². The monoisotopic (exact) mass is 185 g/mol. The molecule has 0 atom stereocenters. The fourth-order valence-corrected chi connectivity index (χ4v) is 0.503. The molecule has 1 aromatic rings. The molecule has 0 N–H and O–H groups in total. The number of rotatable bonds is 0. The minimum absolute atomic E-state index is 0.672. The van der Waals surface area contributed by atoms with Crippen molar-refractivity contribution in [1.29, 1.82) is 0 Å². The third-order valence-electron chi connectivity index (χ3n) is 0.518. The quantitative estimate of drug-likeness (QED) is 0.517. The van der Waals surface area contributed by atoms with Crippen LogP contribution in [0.4, 0.5) is 0 Å². The molecule has 0 unspecified atom stereocenters. The molecular formula is C4H3N2Pd. The van der Waals surface area contributed by atoms with E-state index < -0.39 is 0 Å². The predicted octanol–water partition coefficient (Wildman–Crippen LogP) is -0.351. The van der Waals surface area contributed by atoms with Gasteiger partial charge in [-0.05, 0) is 0 Å². The average molecular weight is 186 g/mol. The van der Waals surface area contributed by atoms with Crippen LogP contribution >= 0.6 is 0 Å². The van der Waals surface area contributed by atoms with E-state index in [0.717, 1.165) is 0 Å².